The molecular formula is C70H50N4O2. The first-order valence-corrected chi connectivity index (χ1v) is 26.6. The van der Waals surface area contributed by atoms with Crippen molar-refractivity contribution < 1.29 is 9.47 Å². The largest absolute Gasteiger partial charge is 0.453 e. The molecule has 0 aliphatic carbocycles. The lowest BCUT2D eigenvalue weighted by molar-refractivity contribution is 0.477. The van der Waals surface area contributed by atoms with Crippen LogP contribution in [0.2, 0.25) is 0 Å². The zero-order valence-electron chi connectivity index (χ0n) is 42.5. The van der Waals surface area contributed by atoms with Gasteiger partial charge in [-0.05, 0) is 142 Å². The minimum absolute atomic E-state index is 0.215. The molecule has 16 rings (SSSR count). The van der Waals surface area contributed by atoms with E-state index in [-0.39, 0.29) is 11.8 Å². The fraction of sp³-hybridized carbons (Fsp3) is 0.0857. The second-order valence-electron chi connectivity index (χ2n) is 21.2. The summed E-state index contributed by atoms with van der Waals surface area (Å²) < 4.78 is 18.8. The summed E-state index contributed by atoms with van der Waals surface area (Å²) in [6, 6.07) is 79.6. The lowest BCUT2D eigenvalue weighted by atomic mass is 9.82. The van der Waals surface area contributed by atoms with E-state index in [0.717, 1.165) is 101 Å². The van der Waals surface area contributed by atoms with Gasteiger partial charge in [0.25, 0.3) is 0 Å². The molecular weight excluding hydrogens is 929 g/mol. The molecule has 0 saturated heterocycles. The van der Waals surface area contributed by atoms with Gasteiger partial charge in [-0.2, -0.15) is 0 Å². The summed E-state index contributed by atoms with van der Waals surface area (Å²) >= 11 is 0. The van der Waals surface area contributed by atoms with Crippen molar-refractivity contribution in [3.05, 3.63) is 230 Å². The fourth-order valence-corrected chi connectivity index (χ4v) is 13.0. The number of aromatic nitrogens is 2. The molecule has 14 aromatic rings. The SMILES string of the molecule is CC(C)c1cc2ccc(N3c4ccccc4Oc4cc5c6ccccc6n(-c6ccccc6)c5cc43)c3c(C(C)C)cc4ccc(N5c6ccccc6Oc6cc7c8ccccc8n(-c8ccccc8)c7cc65)c1c4c23. The van der Waals surface area contributed by atoms with Gasteiger partial charge in [0, 0.05) is 43.7 Å². The van der Waals surface area contributed by atoms with Crippen molar-refractivity contribution >= 4 is 110 Å². The Morgan fingerprint density at radius 2 is 0.684 bits per heavy atom. The average Bonchev–Trinajstić information content (AvgIpc) is 4.01. The first-order chi connectivity index (χ1) is 37.4. The third kappa shape index (κ3) is 5.98. The van der Waals surface area contributed by atoms with Crippen LogP contribution in [0.5, 0.6) is 23.0 Å². The van der Waals surface area contributed by atoms with E-state index in [1.165, 1.54) is 54.2 Å². The minimum Gasteiger partial charge on any atom is -0.453 e. The molecule has 0 fully saturated rings. The predicted octanol–water partition coefficient (Wildman–Crippen LogP) is 20.2. The first kappa shape index (κ1) is 42.9. The van der Waals surface area contributed by atoms with Crippen LogP contribution in [-0.2, 0) is 0 Å². The topological polar surface area (TPSA) is 34.8 Å². The normalized spacial score (nSPS) is 13.1. The van der Waals surface area contributed by atoms with Gasteiger partial charge in [0.1, 0.15) is 0 Å². The van der Waals surface area contributed by atoms with Gasteiger partial charge in [0.2, 0.25) is 0 Å². The van der Waals surface area contributed by atoms with E-state index in [1.54, 1.807) is 0 Å². The second kappa shape index (κ2) is 16.0. The summed E-state index contributed by atoms with van der Waals surface area (Å²) in [4.78, 5) is 4.96. The zero-order chi connectivity index (χ0) is 50.5. The third-order valence-corrected chi connectivity index (χ3v) is 16.3. The number of nitrogens with zero attached hydrogens (tertiary/aromatic N) is 4. The van der Waals surface area contributed by atoms with Crippen LogP contribution in [0.3, 0.4) is 0 Å². The van der Waals surface area contributed by atoms with Crippen LogP contribution in [-0.4, -0.2) is 9.13 Å². The molecule has 0 unspecified atom stereocenters. The van der Waals surface area contributed by atoms with Crippen LogP contribution in [0, 0.1) is 0 Å². The molecule has 6 nitrogen and oxygen atoms in total. The lowest BCUT2D eigenvalue weighted by Crippen LogP contribution is -2.17. The maximum atomic E-state index is 6.99. The molecule has 0 bridgehead atoms. The molecule has 0 spiro atoms. The number of fused-ring (bicyclic) bond motifs is 10. The van der Waals surface area contributed by atoms with Gasteiger partial charge in [-0.25, -0.2) is 0 Å². The molecule has 4 heterocycles. The number of para-hydroxylation sites is 8. The van der Waals surface area contributed by atoms with Crippen molar-refractivity contribution in [1.82, 2.24) is 9.13 Å². The van der Waals surface area contributed by atoms with Crippen molar-refractivity contribution in [1.29, 1.82) is 0 Å². The molecule has 362 valence electrons. The Kier molecular flexibility index (Phi) is 9.03. The molecule has 2 aliphatic rings. The predicted molar refractivity (Wildman–Crippen MR) is 317 cm³/mol. The fourth-order valence-electron chi connectivity index (χ4n) is 13.0. The number of hydrogen-bond donors (Lipinski definition) is 0. The van der Waals surface area contributed by atoms with Crippen LogP contribution in [0.15, 0.2) is 218 Å². The summed E-state index contributed by atoms with van der Waals surface area (Å²) in [6.07, 6.45) is 0. The van der Waals surface area contributed by atoms with E-state index in [4.69, 9.17) is 9.47 Å². The summed E-state index contributed by atoms with van der Waals surface area (Å²) in [7, 11) is 0. The monoisotopic (exact) mass is 978 g/mol. The maximum Gasteiger partial charge on any atom is 0.152 e. The third-order valence-electron chi connectivity index (χ3n) is 16.3. The lowest BCUT2D eigenvalue weighted by Gasteiger charge is -2.36. The number of benzene rings is 12. The summed E-state index contributed by atoms with van der Waals surface area (Å²) in [5, 5.41) is 12.2. The van der Waals surface area contributed by atoms with Crippen molar-refractivity contribution in [3.8, 4) is 34.4 Å². The molecule has 0 radical (unpaired) electrons. The smallest absolute Gasteiger partial charge is 0.152 e. The van der Waals surface area contributed by atoms with Crippen molar-refractivity contribution in [3.63, 3.8) is 0 Å². The van der Waals surface area contributed by atoms with E-state index < -0.39 is 0 Å². The summed E-state index contributed by atoms with van der Waals surface area (Å²) in [5.74, 6) is 3.74. The van der Waals surface area contributed by atoms with Gasteiger partial charge in [-0.3, -0.25) is 0 Å². The second-order valence-corrected chi connectivity index (χ2v) is 21.2. The number of hydrogen-bond acceptors (Lipinski definition) is 4. The maximum absolute atomic E-state index is 6.99. The molecule has 12 aromatic carbocycles. The van der Waals surface area contributed by atoms with Crippen LogP contribution in [0.25, 0.3) is 87.3 Å². The van der Waals surface area contributed by atoms with Crippen LogP contribution in [0.4, 0.5) is 34.1 Å². The Morgan fingerprint density at radius 1 is 0.289 bits per heavy atom. The molecule has 0 saturated carbocycles. The Bertz CT molecular complexity index is 4420. The van der Waals surface area contributed by atoms with Gasteiger partial charge >= 0.3 is 0 Å². The quantitative estimate of drug-likeness (QED) is 0.156. The van der Waals surface area contributed by atoms with Crippen LogP contribution < -0.4 is 19.3 Å². The molecule has 6 heteroatoms. The minimum atomic E-state index is 0.215. The zero-order valence-corrected chi connectivity index (χ0v) is 42.5. The van der Waals surface area contributed by atoms with Crippen molar-refractivity contribution in [2.45, 2.75) is 39.5 Å². The highest BCUT2D eigenvalue weighted by atomic mass is 16.5. The van der Waals surface area contributed by atoms with Crippen LogP contribution in [0.1, 0.15) is 50.7 Å². The molecule has 0 atom stereocenters. The standard InChI is InChI=1S/C70H50N4O2/c1-41(2)49-35-43-31-34-58(74-56-28-16-18-30-64(56)76-66-38-52-48-24-12-14-26-54(48)72(60(52)40-62(66)74)46-21-9-6-10-22-46)70-50(42(3)4)36-44-32-33-57(69(49)67(44)68(43)70)73-55-27-15-17-29-63(55)75-65-37-51-47-23-11-13-25-53(47)71(59(51)39-61(65)73)45-19-7-5-8-20-45/h5-42H,1-4H3. The van der Waals surface area contributed by atoms with Gasteiger partial charge in [-0.1, -0.05) is 149 Å². The molecule has 76 heavy (non-hydrogen) atoms. The summed E-state index contributed by atoms with van der Waals surface area (Å²) in [6.45, 7) is 9.36. The van der Waals surface area contributed by atoms with E-state index in [2.05, 4.69) is 265 Å². The Hall–Kier alpha value is -9.52. The van der Waals surface area contributed by atoms with Gasteiger partial charge in [0.05, 0.1) is 56.2 Å². The van der Waals surface area contributed by atoms with E-state index in [9.17, 15) is 0 Å². The van der Waals surface area contributed by atoms with Gasteiger partial charge in [-0.15, -0.1) is 0 Å². The number of rotatable bonds is 6. The van der Waals surface area contributed by atoms with E-state index in [1.807, 2.05) is 0 Å². The highest BCUT2D eigenvalue weighted by molar-refractivity contribution is 6.30. The average molecular weight is 979 g/mol. The molecule has 2 aliphatic heterocycles. The van der Waals surface area contributed by atoms with Gasteiger partial charge < -0.3 is 28.4 Å². The van der Waals surface area contributed by atoms with E-state index >= 15 is 0 Å². The molecule has 0 amide bonds. The van der Waals surface area contributed by atoms with Crippen LogP contribution >= 0.6 is 0 Å². The molecule has 2 aromatic heterocycles. The van der Waals surface area contributed by atoms with Crippen molar-refractivity contribution in [2.75, 3.05) is 9.80 Å². The first-order valence-electron chi connectivity index (χ1n) is 26.6. The number of anilines is 6. The highest BCUT2D eigenvalue weighted by Gasteiger charge is 2.34. The Morgan fingerprint density at radius 3 is 1.12 bits per heavy atom. The van der Waals surface area contributed by atoms with Crippen molar-refractivity contribution in [2.24, 2.45) is 0 Å². The summed E-state index contributed by atoms with van der Waals surface area (Å²) in [5.41, 5.74) is 15.7. The number of ether oxygens (including phenoxy) is 2. The Labute approximate surface area is 439 Å². The Balaban J connectivity index is 0.994. The highest BCUT2D eigenvalue weighted by Crippen LogP contribution is 2.59. The van der Waals surface area contributed by atoms with E-state index in [0.29, 0.717) is 0 Å². The molecule has 0 N–H and O–H groups in total. The van der Waals surface area contributed by atoms with Gasteiger partial charge in [0.15, 0.2) is 23.0 Å².